The smallest absolute Gasteiger partial charge is 0.327 e. The molecule has 1 aliphatic heterocycles. The van der Waals surface area contributed by atoms with Crippen molar-refractivity contribution < 1.29 is 14.7 Å². The van der Waals surface area contributed by atoms with Crippen molar-refractivity contribution in [1.82, 2.24) is 10.2 Å². The quantitative estimate of drug-likeness (QED) is 0.667. The highest BCUT2D eigenvalue weighted by molar-refractivity contribution is 7.99. The lowest BCUT2D eigenvalue weighted by atomic mass is 10.3. The monoisotopic (exact) mass is 216 g/mol. The predicted molar refractivity (Wildman–Crippen MR) is 54.2 cm³/mol. The number of carboxylic acid groups (broad SMARTS) is 1. The summed E-state index contributed by atoms with van der Waals surface area (Å²) in [7, 11) is 0. The first-order valence-corrected chi connectivity index (χ1v) is 5.28. The number of carbonyl (C=O) groups is 2. The van der Waals surface area contributed by atoms with Gasteiger partial charge in [-0.2, -0.15) is 0 Å². The molecule has 0 aliphatic carbocycles. The molecule has 6 heteroatoms. The molecule has 1 unspecified atom stereocenters. The van der Waals surface area contributed by atoms with Gasteiger partial charge in [0, 0.05) is 12.3 Å². The normalized spacial score (nSPS) is 20.6. The highest BCUT2D eigenvalue weighted by Gasteiger charge is 2.34. The largest absolute Gasteiger partial charge is 0.480 e. The Kier molecular flexibility index (Phi) is 3.82. The third kappa shape index (κ3) is 2.41. The summed E-state index contributed by atoms with van der Waals surface area (Å²) in [5.41, 5.74) is 0. The second kappa shape index (κ2) is 4.90. The summed E-state index contributed by atoms with van der Waals surface area (Å²) in [6.07, 6.45) is 1.55. The van der Waals surface area contributed by atoms with E-state index in [4.69, 9.17) is 5.11 Å². The lowest BCUT2D eigenvalue weighted by molar-refractivity contribution is -0.140. The molecular formula is C8H12N2O3S. The molecule has 1 atom stereocenters. The number of carbonyl (C=O) groups excluding carboxylic acids is 1. The van der Waals surface area contributed by atoms with E-state index >= 15 is 0 Å². The summed E-state index contributed by atoms with van der Waals surface area (Å²) in [4.78, 5) is 23.5. The summed E-state index contributed by atoms with van der Waals surface area (Å²) in [5.74, 6) is -0.0692. The lowest BCUT2D eigenvalue weighted by Gasteiger charge is -2.20. The van der Waals surface area contributed by atoms with Gasteiger partial charge >= 0.3 is 12.0 Å². The molecule has 5 nitrogen and oxygen atoms in total. The van der Waals surface area contributed by atoms with E-state index < -0.39 is 12.0 Å². The molecule has 0 saturated carbocycles. The van der Waals surface area contributed by atoms with Gasteiger partial charge in [-0.05, 0) is 0 Å². The first-order chi connectivity index (χ1) is 6.66. The number of carboxylic acids is 1. The van der Waals surface area contributed by atoms with Crippen LogP contribution in [0.3, 0.4) is 0 Å². The number of aliphatic carboxylic acids is 1. The third-order valence-corrected chi connectivity index (χ3v) is 2.84. The van der Waals surface area contributed by atoms with Crippen LogP contribution in [0.25, 0.3) is 0 Å². The van der Waals surface area contributed by atoms with Crippen LogP contribution in [-0.2, 0) is 4.79 Å². The summed E-state index contributed by atoms with van der Waals surface area (Å²) in [6, 6.07) is -1.05. The first kappa shape index (κ1) is 10.9. The van der Waals surface area contributed by atoms with Gasteiger partial charge in [-0.3, -0.25) is 0 Å². The maximum Gasteiger partial charge on any atom is 0.327 e. The van der Waals surface area contributed by atoms with E-state index in [1.54, 1.807) is 6.08 Å². The Morgan fingerprint density at radius 1 is 1.71 bits per heavy atom. The maximum absolute atomic E-state index is 11.4. The minimum absolute atomic E-state index is 0.345. The average Bonchev–Trinajstić information content (AvgIpc) is 2.62. The zero-order valence-corrected chi connectivity index (χ0v) is 8.42. The van der Waals surface area contributed by atoms with Crippen LogP contribution in [0.2, 0.25) is 0 Å². The van der Waals surface area contributed by atoms with Gasteiger partial charge in [0.1, 0.15) is 6.04 Å². The van der Waals surface area contributed by atoms with Crippen molar-refractivity contribution in [3.05, 3.63) is 12.7 Å². The van der Waals surface area contributed by atoms with Crippen LogP contribution in [0.15, 0.2) is 12.7 Å². The van der Waals surface area contributed by atoms with Crippen LogP contribution < -0.4 is 5.32 Å². The number of hydrogen-bond acceptors (Lipinski definition) is 3. The number of urea groups is 1. The van der Waals surface area contributed by atoms with Gasteiger partial charge in [0.05, 0.1) is 5.88 Å². The molecule has 1 heterocycles. The van der Waals surface area contributed by atoms with Crippen LogP contribution in [0.4, 0.5) is 4.79 Å². The molecule has 0 aromatic heterocycles. The number of rotatable bonds is 3. The van der Waals surface area contributed by atoms with Gasteiger partial charge in [0.15, 0.2) is 0 Å². The van der Waals surface area contributed by atoms with Crippen LogP contribution in [0, 0.1) is 0 Å². The van der Waals surface area contributed by atoms with Gasteiger partial charge in [-0.1, -0.05) is 6.08 Å². The molecule has 14 heavy (non-hydrogen) atoms. The Balaban J connectivity index is 2.53. The molecule has 1 fully saturated rings. The molecule has 1 aliphatic rings. The van der Waals surface area contributed by atoms with Gasteiger partial charge in [0.2, 0.25) is 0 Å². The Morgan fingerprint density at radius 3 is 3.00 bits per heavy atom. The SMILES string of the molecule is C=CCNC(=O)N1CSCC1C(=O)O. The first-order valence-electron chi connectivity index (χ1n) is 4.12. The molecule has 78 valence electrons. The number of thioether (sulfide) groups is 1. The van der Waals surface area contributed by atoms with E-state index in [1.807, 2.05) is 0 Å². The molecule has 2 N–H and O–H groups in total. The lowest BCUT2D eigenvalue weighted by Crippen LogP contribution is -2.46. The summed E-state index contributed by atoms with van der Waals surface area (Å²) >= 11 is 1.44. The summed E-state index contributed by atoms with van der Waals surface area (Å²) < 4.78 is 0. The minimum atomic E-state index is -0.955. The van der Waals surface area contributed by atoms with E-state index in [0.717, 1.165) is 0 Å². The van der Waals surface area contributed by atoms with E-state index in [1.165, 1.54) is 16.7 Å². The molecule has 0 radical (unpaired) electrons. The second-order valence-corrected chi connectivity index (χ2v) is 3.80. The van der Waals surface area contributed by atoms with Crippen molar-refractivity contribution in [2.24, 2.45) is 0 Å². The van der Waals surface area contributed by atoms with Crippen molar-refractivity contribution >= 4 is 23.8 Å². The second-order valence-electron chi connectivity index (χ2n) is 2.80. The highest BCUT2D eigenvalue weighted by atomic mass is 32.2. The fourth-order valence-electron chi connectivity index (χ4n) is 1.11. The Labute approximate surface area is 86.1 Å². The number of amides is 2. The number of hydrogen-bond donors (Lipinski definition) is 2. The Hall–Kier alpha value is -1.17. The molecule has 0 aromatic carbocycles. The highest BCUT2D eigenvalue weighted by Crippen LogP contribution is 2.20. The van der Waals surface area contributed by atoms with Gasteiger partial charge < -0.3 is 15.3 Å². The van der Waals surface area contributed by atoms with Crippen LogP contribution in [0.5, 0.6) is 0 Å². The summed E-state index contributed by atoms with van der Waals surface area (Å²) in [6.45, 7) is 3.81. The molecule has 1 saturated heterocycles. The van der Waals surface area contributed by atoms with Crippen LogP contribution in [0.1, 0.15) is 0 Å². The predicted octanol–water partition coefficient (Wildman–Crippen LogP) is 0.341. The van der Waals surface area contributed by atoms with E-state index in [-0.39, 0.29) is 6.03 Å². The maximum atomic E-state index is 11.4. The number of nitrogens with one attached hydrogen (secondary N) is 1. The molecule has 0 spiro atoms. The van der Waals surface area contributed by atoms with Crippen molar-refractivity contribution in [3.8, 4) is 0 Å². The van der Waals surface area contributed by atoms with E-state index in [2.05, 4.69) is 11.9 Å². The van der Waals surface area contributed by atoms with E-state index in [0.29, 0.717) is 18.2 Å². The Bertz CT molecular complexity index is 257. The fraction of sp³-hybridized carbons (Fsp3) is 0.500. The molecule has 0 bridgehead atoms. The average molecular weight is 216 g/mol. The van der Waals surface area contributed by atoms with Crippen LogP contribution >= 0.6 is 11.8 Å². The minimum Gasteiger partial charge on any atom is -0.480 e. The molecule has 2 amide bonds. The zero-order valence-electron chi connectivity index (χ0n) is 7.60. The van der Waals surface area contributed by atoms with Crippen LogP contribution in [-0.4, -0.2) is 46.2 Å². The standard InChI is InChI=1S/C8H12N2O3S/c1-2-3-9-8(13)10-5-14-4-6(10)7(11)12/h2,6H,1,3-5H2,(H,9,13)(H,11,12). The molecular weight excluding hydrogens is 204 g/mol. The topological polar surface area (TPSA) is 69.6 Å². The fourth-order valence-corrected chi connectivity index (χ4v) is 2.25. The number of nitrogens with zero attached hydrogens (tertiary/aromatic N) is 1. The van der Waals surface area contributed by atoms with Crippen molar-refractivity contribution in [1.29, 1.82) is 0 Å². The van der Waals surface area contributed by atoms with E-state index in [9.17, 15) is 9.59 Å². The van der Waals surface area contributed by atoms with Crippen molar-refractivity contribution in [3.63, 3.8) is 0 Å². The molecule has 0 aromatic rings. The molecule has 1 rings (SSSR count). The third-order valence-electron chi connectivity index (χ3n) is 1.83. The zero-order chi connectivity index (χ0) is 10.6. The Morgan fingerprint density at radius 2 is 2.43 bits per heavy atom. The summed E-state index contributed by atoms with van der Waals surface area (Å²) in [5, 5.41) is 11.4. The van der Waals surface area contributed by atoms with Gasteiger partial charge in [0.25, 0.3) is 0 Å². The van der Waals surface area contributed by atoms with Crippen molar-refractivity contribution in [2.75, 3.05) is 18.2 Å². The van der Waals surface area contributed by atoms with Crippen molar-refractivity contribution in [2.45, 2.75) is 6.04 Å². The van der Waals surface area contributed by atoms with Gasteiger partial charge in [-0.15, -0.1) is 18.3 Å². The van der Waals surface area contributed by atoms with Gasteiger partial charge in [-0.25, -0.2) is 9.59 Å².